The van der Waals surface area contributed by atoms with E-state index in [0.29, 0.717) is 5.56 Å². The van der Waals surface area contributed by atoms with Crippen molar-refractivity contribution < 1.29 is 29.0 Å². The maximum atomic E-state index is 12.0. The molecule has 1 aromatic carbocycles. The van der Waals surface area contributed by atoms with E-state index in [1.54, 1.807) is 0 Å². The number of hydrogen-bond donors (Lipinski definition) is 5. The number of urea groups is 2. The van der Waals surface area contributed by atoms with Gasteiger partial charge in [0.2, 0.25) is 5.75 Å². The van der Waals surface area contributed by atoms with Gasteiger partial charge in [0, 0.05) is 5.56 Å². The number of hydrazone groups is 1. The predicted octanol–water partition coefficient (Wildman–Crippen LogP) is -1.15. The van der Waals surface area contributed by atoms with Crippen LogP contribution < -0.4 is 30.8 Å². The van der Waals surface area contributed by atoms with E-state index in [2.05, 4.69) is 26.5 Å². The second-order valence-corrected chi connectivity index (χ2v) is 5.68. The van der Waals surface area contributed by atoms with Crippen LogP contribution in [0.4, 0.5) is 9.59 Å². The summed E-state index contributed by atoms with van der Waals surface area (Å²) >= 11 is 0. The molecule has 0 saturated carbocycles. The third kappa shape index (κ3) is 3.63. The zero-order valence-corrected chi connectivity index (χ0v) is 14.5. The van der Waals surface area contributed by atoms with Crippen molar-refractivity contribution in [1.29, 1.82) is 0 Å². The van der Waals surface area contributed by atoms with Crippen molar-refractivity contribution in [1.82, 2.24) is 26.3 Å². The standard InChI is InChI=1S/C15H18N6O6/c1-26-8-3-7(4-9(27-2)11(8)23)5-16-20-10(22)6-21-13-12(18-15(21)25)17-14(24)19-13/h3-5,12-13,23H,6H2,1-2H3,(H,18,25)(H,20,22)(H2,17,19,24)/b16-5-/t12-,13-/m1/s1. The van der Waals surface area contributed by atoms with Crippen LogP contribution in [0, 0.1) is 0 Å². The van der Waals surface area contributed by atoms with Crippen LogP contribution in [-0.4, -0.2) is 67.3 Å². The second-order valence-electron chi connectivity index (χ2n) is 5.68. The Balaban J connectivity index is 1.61. The Labute approximate surface area is 153 Å². The molecule has 3 rings (SSSR count). The Hall–Kier alpha value is -3.70. The Kier molecular flexibility index (Phi) is 4.88. The van der Waals surface area contributed by atoms with Crippen LogP contribution >= 0.6 is 0 Å². The maximum Gasteiger partial charge on any atom is 0.321 e. The molecular weight excluding hydrogens is 360 g/mol. The molecular formula is C15H18N6O6. The van der Waals surface area contributed by atoms with Crippen molar-refractivity contribution in [3.8, 4) is 17.2 Å². The third-order valence-corrected chi connectivity index (χ3v) is 3.98. The van der Waals surface area contributed by atoms with Crippen molar-refractivity contribution in [2.24, 2.45) is 5.10 Å². The van der Waals surface area contributed by atoms with Gasteiger partial charge in [-0.2, -0.15) is 5.10 Å². The van der Waals surface area contributed by atoms with E-state index in [1.165, 1.54) is 37.5 Å². The molecule has 144 valence electrons. The lowest BCUT2D eigenvalue weighted by Crippen LogP contribution is -2.47. The Morgan fingerprint density at radius 2 is 1.93 bits per heavy atom. The molecule has 2 saturated heterocycles. The van der Waals surface area contributed by atoms with Crippen LogP contribution in [0.15, 0.2) is 17.2 Å². The number of phenols is 1. The van der Waals surface area contributed by atoms with E-state index in [-0.39, 0.29) is 23.8 Å². The molecule has 0 unspecified atom stereocenters. The summed E-state index contributed by atoms with van der Waals surface area (Å²) in [6.45, 7) is -0.297. The van der Waals surface area contributed by atoms with Gasteiger partial charge in [0.1, 0.15) is 18.9 Å². The Morgan fingerprint density at radius 1 is 1.26 bits per heavy atom. The van der Waals surface area contributed by atoms with Crippen molar-refractivity contribution in [2.45, 2.75) is 12.3 Å². The summed E-state index contributed by atoms with van der Waals surface area (Å²) in [4.78, 5) is 36.4. The lowest BCUT2D eigenvalue weighted by atomic mass is 10.2. The van der Waals surface area contributed by atoms with Gasteiger partial charge < -0.3 is 30.5 Å². The van der Waals surface area contributed by atoms with Crippen LogP contribution in [0.3, 0.4) is 0 Å². The molecule has 2 atom stereocenters. The van der Waals surface area contributed by atoms with Crippen molar-refractivity contribution >= 4 is 24.2 Å². The van der Waals surface area contributed by atoms with Gasteiger partial charge >= 0.3 is 12.1 Å². The maximum absolute atomic E-state index is 12.0. The number of amides is 5. The first-order valence-electron chi connectivity index (χ1n) is 7.84. The lowest BCUT2D eigenvalue weighted by Gasteiger charge is -2.19. The largest absolute Gasteiger partial charge is 0.502 e. The van der Waals surface area contributed by atoms with Crippen molar-refractivity contribution in [2.75, 3.05) is 20.8 Å². The summed E-state index contributed by atoms with van der Waals surface area (Å²) in [6, 6.07) is 2.10. The van der Waals surface area contributed by atoms with E-state index >= 15 is 0 Å². The molecule has 2 heterocycles. The van der Waals surface area contributed by atoms with E-state index < -0.39 is 30.3 Å². The average molecular weight is 378 g/mol. The van der Waals surface area contributed by atoms with Gasteiger partial charge in [-0.25, -0.2) is 15.0 Å². The number of carbonyl (C=O) groups excluding carboxylic acids is 3. The SMILES string of the molecule is COc1cc(/C=N\NC(=O)CN2C(=O)N[C@H]3NC(=O)N[C@@H]32)cc(OC)c1O. The lowest BCUT2D eigenvalue weighted by molar-refractivity contribution is -0.121. The van der Waals surface area contributed by atoms with Crippen LogP contribution in [0.5, 0.6) is 17.2 Å². The number of methoxy groups -OCH3 is 2. The molecule has 2 fully saturated rings. The van der Waals surface area contributed by atoms with Gasteiger partial charge in [-0.05, 0) is 12.1 Å². The average Bonchev–Trinajstić information content (AvgIpc) is 3.12. The quantitative estimate of drug-likeness (QED) is 0.311. The van der Waals surface area contributed by atoms with Crippen molar-refractivity contribution in [3.05, 3.63) is 17.7 Å². The highest BCUT2D eigenvalue weighted by atomic mass is 16.5. The van der Waals surface area contributed by atoms with Gasteiger partial charge in [-0.1, -0.05) is 0 Å². The summed E-state index contributed by atoms with van der Waals surface area (Å²) in [5.41, 5.74) is 2.80. The fourth-order valence-electron chi connectivity index (χ4n) is 2.72. The molecule has 1 aromatic rings. The number of nitrogens with zero attached hydrogens (tertiary/aromatic N) is 2. The van der Waals surface area contributed by atoms with Crippen LogP contribution in [0.1, 0.15) is 5.56 Å². The molecule has 0 aliphatic carbocycles. The number of carbonyl (C=O) groups is 3. The number of ether oxygens (including phenoxy) is 2. The monoisotopic (exact) mass is 378 g/mol. The predicted molar refractivity (Wildman–Crippen MR) is 91.4 cm³/mol. The Morgan fingerprint density at radius 3 is 2.56 bits per heavy atom. The molecule has 0 spiro atoms. The zero-order valence-electron chi connectivity index (χ0n) is 14.5. The van der Waals surface area contributed by atoms with E-state index in [4.69, 9.17) is 9.47 Å². The van der Waals surface area contributed by atoms with E-state index in [9.17, 15) is 19.5 Å². The molecule has 27 heavy (non-hydrogen) atoms. The highest BCUT2D eigenvalue weighted by Gasteiger charge is 2.45. The smallest absolute Gasteiger partial charge is 0.321 e. The summed E-state index contributed by atoms with van der Waals surface area (Å²) in [5, 5.41) is 21.3. The van der Waals surface area contributed by atoms with Gasteiger partial charge in [0.05, 0.1) is 20.4 Å². The van der Waals surface area contributed by atoms with Gasteiger partial charge in [0.15, 0.2) is 11.5 Å². The van der Waals surface area contributed by atoms with Gasteiger partial charge in [-0.15, -0.1) is 0 Å². The fourth-order valence-corrected chi connectivity index (χ4v) is 2.72. The minimum atomic E-state index is -0.648. The number of nitrogens with one attached hydrogen (secondary N) is 4. The van der Waals surface area contributed by atoms with Gasteiger partial charge in [-0.3, -0.25) is 9.69 Å². The molecule has 0 aromatic heterocycles. The summed E-state index contributed by atoms with van der Waals surface area (Å²) in [6.07, 6.45) is 0.0947. The van der Waals surface area contributed by atoms with Crippen LogP contribution in [-0.2, 0) is 4.79 Å². The molecule has 0 bridgehead atoms. The number of hydrogen-bond acceptors (Lipinski definition) is 7. The normalized spacial score (nSPS) is 20.7. The molecule has 2 aliphatic heterocycles. The van der Waals surface area contributed by atoms with Crippen LogP contribution in [0.25, 0.3) is 0 Å². The number of rotatable bonds is 6. The molecule has 12 nitrogen and oxygen atoms in total. The molecule has 2 aliphatic rings. The summed E-state index contributed by atoms with van der Waals surface area (Å²) in [7, 11) is 2.78. The first kappa shape index (κ1) is 18.1. The van der Waals surface area contributed by atoms with E-state index in [0.717, 1.165) is 0 Å². The molecule has 5 amide bonds. The first-order valence-corrected chi connectivity index (χ1v) is 7.84. The van der Waals surface area contributed by atoms with Crippen molar-refractivity contribution in [3.63, 3.8) is 0 Å². The molecule has 12 heteroatoms. The molecule has 5 N–H and O–H groups in total. The minimum Gasteiger partial charge on any atom is -0.502 e. The zero-order chi connectivity index (χ0) is 19.6. The van der Waals surface area contributed by atoms with E-state index in [1.807, 2.05) is 0 Å². The number of benzene rings is 1. The summed E-state index contributed by atoms with van der Waals surface area (Å²) < 4.78 is 10.1. The Bertz CT molecular complexity index is 787. The van der Waals surface area contributed by atoms with Gasteiger partial charge in [0.25, 0.3) is 5.91 Å². The fraction of sp³-hybridized carbons (Fsp3) is 0.333. The summed E-state index contributed by atoms with van der Waals surface area (Å²) in [5.74, 6) is -0.332. The number of phenolic OH excluding ortho intramolecular Hbond substituents is 1. The third-order valence-electron chi connectivity index (χ3n) is 3.98. The topological polar surface area (TPSA) is 154 Å². The highest BCUT2D eigenvalue weighted by molar-refractivity contribution is 5.89. The number of aromatic hydroxyl groups is 1. The highest BCUT2D eigenvalue weighted by Crippen LogP contribution is 2.36. The first-order chi connectivity index (χ1) is 12.9. The van der Waals surface area contributed by atoms with Crippen LogP contribution in [0.2, 0.25) is 0 Å². The second kappa shape index (κ2) is 7.27. The minimum absolute atomic E-state index is 0.150. The molecule has 0 radical (unpaired) electrons. The number of fused-ring (bicyclic) bond motifs is 1.